The lowest BCUT2D eigenvalue weighted by molar-refractivity contribution is 0.207. The first-order valence-electron chi connectivity index (χ1n) is 17.8. The Bertz CT molecular complexity index is 2490. The van der Waals surface area contributed by atoms with Crippen LogP contribution in [0.3, 0.4) is 0 Å². The monoisotopic (exact) mass is 725 g/mol. The van der Waals surface area contributed by atoms with Crippen molar-refractivity contribution in [2.45, 2.75) is 48.6 Å². The molecule has 264 valence electrons. The van der Waals surface area contributed by atoms with Gasteiger partial charge in [-0.05, 0) is 48.6 Å². The van der Waals surface area contributed by atoms with Gasteiger partial charge in [0.15, 0.2) is 11.6 Å². The molecule has 2 unspecified atom stereocenters. The molecule has 2 bridgehead atoms. The molecule has 13 heteroatoms. The van der Waals surface area contributed by atoms with Crippen molar-refractivity contribution in [3.63, 3.8) is 0 Å². The highest BCUT2D eigenvalue weighted by Crippen LogP contribution is 2.40. The number of anilines is 2. The Kier molecular flexibility index (Phi) is 7.77. The van der Waals surface area contributed by atoms with Crippen LogP contribution in [0.4, 0.5) is 20.3 Å². The average Bonchev–Trinajstić information content (AvgIpc) is 3.62. The summed E-state index contributed by atoms with van der Waals surface area (Å²) in [6.45, 7) is 2.85. The average molecular weight is 726 g/mol. The Morgan fingerprint density at radius 1 is 0.981 bits per heavy atom. The molecule has 3 fully saturated rings. The second kappa shape index (κ2) is 12.8. The van der Waals surface area contributed by atoms with Gasteiger partial charge in [-0.15, -0.1) is 11.5 Å². The fourth-order valence-corrected chi connectivity index (χ4v) is 8.38. The number of aromatic nitrogens is 6. The molecule has 3 aromatic heterocycles. The van der Waals surface area contributed by atoms with Crippen LogP contribution in [0.2, 0.25) is 0 Å². The maximum Gasteiger partial charge on any atom is 0.319 e. The third-order valence-corrected chi connectivity index (χ3v) is 11.3. The summed E-state index contributed by atoms with van der Waals surface area (Å²) in [6.07, 6.45) is 15.0. The molecule has 0 amide bonds. The highest BCUT2D eigenvalue weighted by atomic mass is 32.2. The number of fused-ring (bicyclic) bond motifs is 4. The first-order valence-corrected chi connectivity index (χ1v) is 18.6. The Labute approximate surface area is 308 Å². The summed E-state index contributed by atoms with van der Waals surface area (Å²) in [5, 5.41) is 9.69. The van der Waals surface area contributed by atoms with Gasteiger partial charge in [0.05, 0.1) is 17.5 Å². The zero-order valence-corrected chi connectivity index (χ0v) is 29.4. The maximum absolute atomic E-state index is 16.9. The molecule has 0 spiro atoms. The summed E-state index contributed by atoms with van der Waals surface area (Å²) >= 11 is 1.54. The van der Waals surface area contributed by atoms with E-state index >= 15 is 4.39 Å². The second-order valence-electron chi connectivity index (χ2n) is 13.9. The van der Waals surface area contributed by atoms with Gasteiger partial charge in [0, 0.05) is 89.8 Å². The summed E-state index contributed by atoms with van der Waals surface area (Å²) in [6, 6.07) is 17.0. The molecule has 10 nitrogen and oxygen atoms in total. The lowest BCUT2D eigenvalue weighted by atomic mass is 9.96. The van der Waals surface area contributed by atoms with Crippen molar-refractivity contribution in [1.29, 1.82) is 0 Å². The third-order valence-electron chi connectivity index (χ3n) is 10.5. The smallest absolute Gasteiger partial charge is 0.319 e. The van der Waals surface area contributed by atoms with E-state index in [0.29, 0.717) is 46.5 Å². The van der Waals surface area contributed by atoms with Crippen molar-refractivity contribution in [1.82, 2.24) is 34.4 Å². The van der Waals surface area contributed by atoms with Crippen LogP contribution in [-0.4, -0.2) is 67.4 Å². The molecule has 6 heterocycles. The number of nitrogens with zero attached hydrogens (tertiary/aromatic N) is 8. The van der Waals surface area contributed by atoms with Crippen LogP contribution in [0.5, 0.6) is 6.01 Å². The Hall–Kier alpha value is -5.58. The minimum atomic E-state index is -0.648. The van der Waals surface area contributed by atoms with Gasteiger partial charge in [-0.3, -0.25) is 4.98 Å². The largest absolute Gasteiger partial charge is 0.458 e. The fraction of sp³-hybridized carbons (Fsp3) is 0.275. The molecule has 10 rings (SSSR count). The van der Waals surface area contributed by atoms with Crippen molar-refractivity contribution in [2.75, 3.05) is 36.0 Å². The van der Waals surface area contributed by atoms with E-state index in [1.54, 1.807) is 30.7 Å². The van der Waals surface area contributed by atoms with Gasteiger partial charge in [0.2, 0.25) is 0 Å². The van der Waals surface area contributed by atoms with Gasteiger partial charge in [0.25, 0.3) is 0 Å². The van der Waals surface area contributed by atoms with Crippen LogP contribution in [0.25, 0.3) is 32.9 Å². The van der Waals surface area contributed by atoms with E-state index in [1.807, 2.05) is 10.2 Å². The first-order chi connectivity index (χ1) is 26.0. The molecular formula is C40H33F2N9OS. The lowest BCUT2D eigenvalue weighted by Crippen LogP contribution is -2.32. The summed E-state index contributed by atoms with van der Waals surface area (Å²) in [4.78, 5) is 24.1. The van der Waals surface area contributed by atoms with Crippen molar-refractivity contribution < 1.29 is 13.5 Å². The highest BCUT2D eigenvalue weighted by molar-refractivity contribution is 7.97. The third kappa shape index (κ3) is 5.82. The fourth-order valence-electron chi connectivity index (χ4n) is 7.69. The molecule has 4 aliphatic rings. The maximum atomic E-state index is 16.9. The van der Waals surface area contributed by atoms with Crippen molar-refractivity contribution >= 4 is 45.1 Å². The number of rotatable bonds is 8. The number of terminal acetylenes is 1. The summed E-state index contributed by atoms with van der Waals surface area (Å²) < 4.78 is 40.1. The second-order valence-corrected chi connectivity index (χ2v) is 15.0. The van der Waals surface area contributed by atoms with Crippen molar-refractivity contribution in [3.05, 3.63) is 102 Å². The van der Waals surface area contributed by atoms with E-state index in [4.69, 9.17) is 16.1 Å². The molecule has 0 radical (unpaired) electrons. The van der Waals surface area contributed by atoms with E-state index in [0.717, 1.165) is 48.0 Å². The number of hydrogen-bond donors (Lipinski definition) is 1. The zero-order chi connectivity index (χ0) is 35.6. The molecule has 6 aromatic rings. The summed E-state index contributed by atoms with van der Waals surface area (Å²) in [5.74, 6) is 3.25. The normalized spacial score (nSPS) is 19.6. The van der Waals surface area contributed by atoms with E-state index in [2.05, 4.69) is 71.4 Å². The zero-order valence-electron chi connectivity index (χ0n) is 28.5. The first kappa shape index (κ1) is 32.1. The van der Waals surface area contributed by atoms with Crippen LogP contribution in [-0.2, 0) is 0 Å². The minimum Gasteiger partial charge on any atom is -0.458 e. The SMILES string of the molecule is C#Cc1c(F)ccc2cccc(-c3ncc4c(N5CC6CC5=CCN6)nc(OC5CCN(c6ccc(Sn7cnc(C8CC8)n7)cc6)C5)nc4c3F)c12. The number of benzene rings is 3. The molecule has 1 saturated carbocycles. The summed E-state index contributed by atoms with van der Waals surface area (Å²) in [5.41, 5.74) is 2.77. The minimum absolute atomic E-state index is 0.0303. The molecule has 53 heavy (non-hydrogen) atoms. The van der Waals surface area contributed by atoms with E-state index < -0.39 is 11.6 Å². The van der Waals surface area contributed by atoms with Gasteiger partial charge in [-0.1, -0.05) is 36.3 Å². The van der Waals surface area contributed by atoms with Crippen molar-refractivity contribution in [3.8, 4) is 29.6 Å². The standard InChI is InChI=1S/C40H33F2N9OS/c1-2-30-33(41)13-8-23-4-3-5-31(34(23)30)36-35(42)37-32(19-44-36)39(50-20-25-18-27(50)14-16-43-25)47-40(46-37)52-28-15-17-49(21-28)26-9-11-29(12-10-26)53-51-22-45-38(48-51)24-6-7-24/h1,3-5,8-14,19,22,24-25,28,43H,6-7,15-18,20-21H2. The molecular weight excluding hydrogens is 693 g/mol. The Morgan fingerprint density at radius 2 is 1.87 bits per heavy atom. The highest BCUT2D eigenvalue weighted by Gasteiger charge is 2.34. The van der Waals surface area contributed by atoms with Crippen LogP contribution >= 0.6 is 11.9 Å². The quantitative estimate of drug-likeness (QED) is 0.168. The molecule has 2 saturated heterocycles. The molecule has 2 atom stereocenters. The van der Waals surface area contributed by atoms with Gasteiger partial charge < -0.3 is 19.9 Å². The topological polar surface area (TPSA) is 97.1 Å². The summed E-state index contributed by atoms with van der Waals surface area (Å²) in [7, 11) is 0. The molecule has 3 aromatic carbocycles. The van der Waals surface area contributed by atoms with E-state index in [1.165, 1.54) is 30.9 Å². The molecule has 1 N–H and O–H groups in total. The number of ether oxygens (including phenoxy) is 1. The lowest BCUT2D eigenvalue weighted by Gasteiger charge is -2.22. The molecule has 1 aliphatic carbocycles. The van der Waals surface area contributed by atoms with E-state index in [-0.39, 0.29) is 34.9 Å². The number of pyridine rings is 1. The van der Waals surface area contributed by atoms with E-state index in [9.17, 15) is 4.39 Å². The van der Waals surface area contributed by atoms with Gasteiger partial charge in [0.1, 0.15) is 35.3 Å². The van der Waals surface area contributed by atoms with Crippen molar-refractivity contribution in [2.24, 2.45) is 0 Å². The van der Waals surface area contributed by atoms with Crippen LogP contribution < -0.4 is 19.9 Å². The number of halogens is 2. The van der Waals surface area contributed by atoms with Crippen LogP contribution in [0.15, 0.2) is 83.8 Å². The number of nitrogens with one attached hydrogen (secondary N) is 1. The van der Waals surface area contributed by atoms with Crippen LogP contribution in [0, 0.1) is 24.0 Å². The Balaban J connectivity index is 0.961. The predicted molar refractivity (Wildman–Crippen MR) is 201 cm³/mol. The predicted octanol–water partition coefficient (Wildman–Crippen LogP) is 6.85. The number of hydrogen-bond acceptors (Lipinski definition) is 10. The Morgan fingerprint density at radius 3 is 2.70 bits per heavy atom. The van der Waals surface area contributed by atoms with Gasteiger partial charge in [-0.25, -0.2) is 13.8 Å². The molecule has 3 aliphatic heterocycles. The van der Waals surface area contributed by atoms with Crippen LogP contribution in [0.1, 0.15) is 43.0 Å². The van der Waals surface area contributed by atoms with Gasteiger partial charge >= 0.3 is 6.01 Å². The van der Waals surface area contributed by atoms with Gasteiger partial charge in [-0.2, -0.15) is 14.1 Å².